The third kappa shape index (κ3) is 2.69. The number of alkyl halides is 3. The van der Waals surface area contributed by atoms with E-state index in [2.05, 4.69) is 5.32 Å². The van der Waals surface area contributed by atoms with Crippen LogP contribution in [-0.4, -0.2) is 18.5 Å². The molecule has 0 radical (unpaired) electrons. The van der Waals surface area contributed by atoms with Crippen molar-refractivity contribution in [3.05, 3.63) is 29.8 Å². The number of carbonyl (C=O) groups is 2. The molecule has 1 aliphatic rings. The minimum absolute atomic E-state index is 0.0615. The molecule has 4 nitrogen and oxygen atoms in total. The summed E-state index contributed by atoms with van der Waals surface area (Å²) in [6.07, 6.45) is -4.47. The first kappa shape index (κ1) is 13.4. The first-order chi connectivity index (χ1) is 8.79. The van der Waals surface area contributed by atoms with Gasteiger partial charge in [0, 0.05) is 12.2 Å². The molecule has 19 heavy (non-hydrogen) atoms. The Balaban J connectivity index is 2.32. The highest BCUT2D eigenvalue weighted by molar-refractivity contribution is 6.06. The van der Waals surface area contributed by atoms with Crippen LogP contribution in [0.2, 0.25) is 0 Å². The van der Waals surface area contributed by atoms with E-state index in [0.29, 0.717) is 0 Å². The lowest BCUT2D eigenvalue weighted by atomic mass is 10.1. The fourth-order valence-electron chi connectivity index (χ4n) is 1.81. The molecule has 1 aromatic carbocycles. The molecule has 0 aliphatic carbocycles. The van der Waals surface area contributed by atoms with Crippen molar-refractivity contribution in [3.8, 4) is 0 Å². The average molecular weight is 272 g/mol. The number of hydrogen-bond acceptors (Lipinski definition) is 2. The van der Waals surface area contributed by atoms with Crippen LogP contribution in [-0.2, 0) is 11.0 Å². The van der Waals surface area contributed by atoms with Gasteiger partial charge in [0.2, 0.25) is 5.91 Å². The zero-order chi connectivity index (χ0) is 14.2. The number of urea groups is 1. The van der Waals surface area contributed by atoms with E-state index in [1.807, 2.05) is 0 Å². The number of carbonyl (C=O) groups excluding carboxylic acids is 2. The van der Waals surface area contributed by atoms with E-state index in [4.69, 9.17) is 0 Å². The largest absolute Gasteiger partial charge is 0.416 e. The summed E-state index contributed by atoms with van der Waals surface area (Å²) in [6, 6.07) is 3.74. The quantitative estimate of drug-likeness (QED) is 0.853. The van der Waals surface area contributed by atoms with Crippen LogP contribution in [0.1, 0.15) is 12.5 Å². The highest BCUT2D eigenvalue weighted by Crippen LogP contribution is 2.32. The van der Waals surface area contributed by atoms with E-state index >= 15 is 0 Å². The van der Waals surface area contributed by atoms with Crippen molar-refractivity contribution in [2.24, 2.45) is 5.92 Å². The Morgan fingerprint density at radius 1 is 1.32 bits per heavy atom. The second-order valence-electron chi connectivity index (χ2n) is 4.35. The van der Waals surface area contributed by atoms with Crippen molar-refractivity contribution in [1.29, 1.82) is 0 Å². The lowest BCUT2D eigenvalue weighted by Gasteiger charge is -2.30. The van der Waals surface area contributed by atoms with Crippen molar-refractivity contribution in [2.45, 2.75) is 13.1 Å². The van der Waals surface area contributed by atoms with Gasteiger partial charge in [-0.2, -0.15) is 13.2 Å². The van der Waals surface area contributed by atoms with E-state index < -0.39 is 29.6 Å². The van der Waals surface area contributed by atoms with Gasteiger partial charge in [-0.15, -0.1) is 0 Å². The lowest BCUT2D eigenvalue weighted by Crippen LogP contribution is -2.53. The molecule has 0 bridgehead atoms. The van der Waals surface area contributed by atoms with Gasteiger partial charge in [0.1, 0.15) is 0 Å². The minimum atomic E-state index is -4.47. The zero-order valence-electron chi connectivity index (χ0n) is 9.99. The molecule has 2 rings (SSSR count). The first-order valence-electron chi connectivity index (χ1n) is 5.58. The van der Waals surface area contributed by atoms with Gasteiger partial charge in [-0.1, -0.05) is 13.0 Å². The molecule has 1 heterocycles. The third-order valence-electron chi connectivity index (χ3n) is 2.86. The fraction of sp³-hybridized carbons (Fsp3) is 0.333. The van der Waals surface area contributed by atoms with Crippen LogP contribution in [0, 0.1) is 5.92 Å². The maximum absolute atomic E-state index is 12.6. The number of benzene rings is 1. The number of nitrogens with one attached hydrogen (secondary N) is 1. The standard InChI is InChI=1S/C12H11F3N2O2/c1-7-6-17(11(19)16-10(7)18)9-4-2-3-8(5-9)12(13,14)15/h2-5,7H,6H2,1H3,(H,16,18,19). The molecule has 1 atom stereocenters. The zero-order valence-corrected chi connectivity index (χ0v) is 9.99. The van der Waals surface area contributed by atoms with Crippen LogP contribution < -0.4 is 10.2 Å². The Morgan fingerprint density at radius 2 is 2.00 bits per heavy atom. The summed E-state index contributed by atoms with van der Waals surface area (Å²) < 4.78 is 37.8. The van der Waals surface area contributed by atoms with Crippen molar-refractivity contribution >= 4 is 17.6 Å². The van der Waals surface area contributed by atoms with Crippen LogP contribution >= 0.6 is 0 Å². The molecule has 0 saturated carbocycles. The Labute approximate surface area is 107 Å². The molecule has 1 N–H and O–H groups in total. The molecule has 1 aliphatic heterocycles. The summed E-state index contributed by atoms with van der Waals surface area (Å²) in [5, 5.41) is 2.10. The number of hydrogen-bond donors (Lipinski definition) is 1. The second kappa shape index (κ2) is 4.56. The molecule has 1 unspecified atom stereocenters. The SMILES string of the molecule is CC1CN(c2cccc(C(F)(F)F)c2)C(=O)NC1=O. The van der Waals surface area contributed by atoms with Gasteiger partial charge in [0.15, 0.2) is 0 Å². The summed E-state index contributed by atoms with van der Waals surface area (Å²) in [5.41, 5.74) is -0.714. The first-order valence-corrected chi connectivity index (χ1v) is 5.58. The molecule has 1 fully saturated rings. The summed E-state index contributed by atoms with van der Waals surface area (Å²) in [4.78, 5) is 24.0. The lowest BCUT2D eigenvalue weighted by molar-refractivity contribution is -0.137. The smallest absolute Gasteiger partial charge is 0.293 e. The maximum atomic E-state index is 12.6. The van der Waals surface area contributed by atoms with Crippen LogP contribution in [0.5, 0.6) is 0 Å². The second-order valence-corrected chi connectivity index (χ2v) is 4.35. The van der Waals surface area contributed by atoms with E-state index in [1.54, 1.807) is 6.92 Å². The monoisotopic (exact) mass is 272 g/mol. The number of rotatable bonds is 1. The number of nitrogens with zero attached hydrogens (tertiary/aromatic N) is 1. The Bertz CT molecular complexity index is 528. The molecular weight excluding hydrogens is 261 g/mol. The highest BCUT2D eigenvalue weighted by Gasteiger charge is 2.33. The maximum Gasteiger partial charge on any atom is 0.416 e. The van der Waals surface area contributed by atoms with Gasteiger partial charge in [0.05, 0.1) is 11.5 Å². The number of anilines is 1. The van der Waals surface area contributed by atoms with Crippen molar-refractivity contribution in [3.63, 3.8) is 0 Å². The molecule has 3 amide bonds. The summed E-state index contributed by atoms with van der Waals surface area (Å²) in [7, 11) is 0. The van der Waals surface area contributed by atoms with Crippen molar-refractivity contribution in [1.82, 2.24) is 5.32 Å². The Kier molecular flexibility index (Phi) is 3.21. The van der Waals surface area contributed by atoms with Gasteiger partial charge >= 0.3 is 12.2 Å². The van der Waals surface area contributed by atoms with E-state index in [-0.39, 0.29) is 12.2 Å². The van der Waals surface area contributed by atoms with E-state index in [9.17, 15) is 22.8 Å². The van der Waals surface area contributed by atoms with E-state index in [1.165, 1.54) is 12.1 Å². The third-order valence-corrected chi connectivity index (χ3v) is 2.86. The predicted octanol–water partition coefficient (Wildman–Crippen LogP) is 2.40. The molecule has 7 heteroatoms. The van der Waals surface area contributed by atoms with Crippen LogP contribution in [0.15, 0.2) is 24.3 Å². The fourth-order valence-corrected chi connectivity index (χ4v) is 1.81. The van der Waals surface area contributed by atoms with Crippen molar-refractivity contribution < 1.29 is 22.8 Å². The normalized spacial score (nSPS) is 20.4. The molecular formula is C12H11F3N2O2. The molecule has 102 valence electrons. The average Bonchev–Trinajstić information content (AvgIpc) is 2.33. The van der Waals surface area contributed by atoms with Gasteiger partial charge in [-0.05, 0) is 18.2 Å². The molecule has 0 spiro atoms. The van der Waals surface area contributed by atoms with Gasteiger partial charge in [-0.25, -0.2) is 4.79 Å². The number of halogens is 3. The highest BCUT2D eigenvalue weighted by atomic mass is 19.4. The van der Waals surface area contributed by atoms with E-state index in [0.717, 1.165) is 17.0 Å². The van der Waals surface area contributed by atoms with Gasteiger partial charge in [0.25, 0.3) is 0 Å². The number of amides is 3. The van der Waals surface area contributed by atoms with Gasteiger partial charge < -0.3 is 0 Å². The van der Waals surface area contributed by atoms with Crippen LogP contribution in [0.4, 0.5) is 23.7 Å². The molecule has 1 aromatic rings. The summed E-state index contributed by atoms with van der Waals surface area (Å²) in [6.45, 7) is 1.66. The van der Waals surface area contributed by atoms with Gasteiger partial charge in [-0.3, -0.25) is 15.0 Å². The predicted molar refractivity (Wildman–Crippen MR) is 61.5 cm³/mol. The summed E-state index contributed by atoms with van der Waals surface area (Å²) in [5.74, 6) is -0.888. The van der Waals surface area contributed by atoms with Crippen molar-refractivity contribution in [2.75, 3.05) is 11.4 Å². The van der Waals surface area contributed by atoms with Crippen LogP contribution in [0.25, 0.3) is 0 Å². The molecule has 1 saturated heterocycles. The minimum Gasteiger partial charge on any atom is -0.293 e. The Hall–Kier alpha value is -2.05. The molecule has 0 aromatic heterocycles. The number of imide groups is 1. The topological polar surface area (TPSA) is 49.4 Å². The summed E-state index contributed by atoms with van der Waals surface area (Å²) >= 11 is 0. The van der Waals surface area contributed by atoms with Crippen LogP contribution in [0.3, 0.4) is 0 Å². The Morgan fingerprint density at radius 3 is 2.63 bits per heavy atom.